The van der Waals surface area contributed by atoms with E-state index in [9.17, 15) is 10.1 Å². The van der Waals surface area contributed by atoms with Crippen LogP contribution < -0.4 is 0 Å². The molecule has 0 aliphatic heterocycles. The van der Waals surface area contributed by atoms with Crippen molar-refractivity contribution in [1.29, 1.82) is 0 Å². The van der Waals surface area contributed by atoms with E-state index in [4.69, 9.17) is 0 Å². The maximum Gasteiger partial charge on any atom is 0.323 e. The molecule has 0 saturated heterocycles. The van der Waals surface area contributed by atoms with E-state index in [1.165, 1.54) is 0 Å². The number of rotatable bonds is 5. The largest absolute Gasteiger partial charge is 0.358 e. The maximum absolute atomic E-state index is 10.5. The zero-order valence-corrected chi connectivity index (χ0v) is 8.27. The number of hydrogen-bond donors (Lipinski definition) is 0. The minimum Gasteiger partial charge on any atom is -0.358 e. The number of aromatic nitrogens is 1. The summed E-state index contributed by atoms with van der Waals surface area (Å²) in [6.45, 7) is 3.63. The second-order valence-corrected chi connectivity index (χ2v) is 3.18. The number of unbranched alkanes of at least 4 members (excludes halogenated alkanes) is 1. The van der Waals surface area contributed by atoms with Crippen LogP contribution in [0.1, 0.15) is 18.5 Å². The molecule has 0 fully saturated rings. The summed E-state index contributed by atoms with van der Waals surface area (Å²) in [7, 11) is 1.72. The van der Waals surface area contributed by atoms with Crippen molar-refractivity contribution in [3.05, 3.63) is 40.6 Å². The molecule has 1 heterocycles. The third-order valence-corrected chi connectivity index (χ3v) is 2.23. The molecule has 0 saturated carbocycles. The fourth-order valence-electron chi connectivity index (χ4n) is 1.40. The molecule has 1 rings (SSSR count). The molecule has 0 aliphatic carbocycles. The predicted molar refractivity (Wildman–Crippen MR) is 55.2 cm³/mol. The van der Waals surface area contributed by atoms with E-state index in [2.05, 4.69) is 6.58 Å². The van der Waals surface area contributed by atoms with E-state index in [-0.39, 0.29) is 10.7 Å². The maximum atomic E-state index is 10.5. The number of aryl methyl sites for hydroxylation is 1. The summed E-state index contributed by atoms with van der Waals surface area (Å²) in [5.74, 6) is 0.151. The molecule has 0 amide bonds. The van der Waals surface area contributed by atoms with Crippen LogP contribution in [0, 0.1) is 10.1 Å². The second-order valence-electron chi connectivity index (χ2n) is 3.18. The summed E-state index contributed by atoms with van der Waals surface area (Å²) in [5.41, 5.74) is 0.999. The van der Waals surface area contributed by atoms with Gasteiger partial charge < -0.3 is 10.1 Å². The molecule has 0 aromatic carbocycles. The first kappa shape index (κ1) is 10.5. The van der Waals surface area contributed by atoms with Gasteiger partial charge in [0.25, 0.3) is 0 Å². The summed E-state index contributed by atoms with van der Waals surface area (Å²) in [6, 6.07) is 3.35. The van der Waals surface area contributed by atoms with Gasteiger partial charge in [-0.3, -0.25) is 0 Å². The van der Waals surface area contributed by atoms with Crippen molar-refractivity contribution in [2.75, 3.05) is 0 Å². The van der Waals surface area contributed by atoms with Crippen LogP contribution in [-0.4, -0.2) is 9.49 Å². The smallest absolute Gasteiger partial charge is 0.323 e. The zero-order chi connectivity index (χ0) is 10.6. The van der Waals surface area contributed by atoms with Crippen molar-refractivity contribution in [3.8, 4) is 0 Å². The summed E-state index contributed by atoms with van der Waals surface area (Å²) < 4.78 is 1.63. The number of allylic oxidation sites excluding steroid dienone is 1. The highest BCUT2D eigenvalue weighted by atomic mass is 16.6. The fraction of sp³-hybridized carbons (Fsp3) is 0.400. The van der Waals surface area contributed by atoms with E-state index in [1.54, 1.807) is 23.7 Å². The Kier molecular flexibility index (Phi) is 3.45. The molecule has 4 nitrogen and oxygen atoms in total. The molecule has 0 radical (unpaired) electrons. The Balaban J connectivity index is 2.69. The molecule has 0 bridgehead atoms. The highest BCUT2D eigenvalue weighted by Gasteiger charge is 2.13. The van der Waals surface area contributed by atoms with E-state index in [0.717, 1.165) is 25.0 Å². The molecule has 0 atom stereocenters. The molecule has 14 heavy (non-hydrogen) atoms. The Hall–Kier alpha value is -1.58. The highest BCUT2D eigenvalue weighted by Crippen LogP contribution is 2.16. The van der Waals surface area contributed by atoms with Crippen LogP contribution in [-0.2, 0) is 13.5 Å². The lowest BCUT2D eigenvalue weighted by Crippen LogP contribution is -2.01. The molecule has 1 aromatic rings. The Bertz CT molecular complexity index is 342. The number of nitrogens with zero attached hydrogens (tertiary/aromatic N) is 2. The SMILES string of the molecule is C=CCCCc1ccc([N+](=O)[O-])n1C. The monoisotopic (exact) mass is 194 g/mol. The van der Waals surface area contributed by atoms with Gasteiger partial charge in [0.15, 0.2) is 0 Å². The first-order valence-electron chi connectivity index (χ1n) is 4.56. The third-order valence-electron chi connectivity index (χ3n) is 2.23. The van der Waals surface area contributed by atoms with Gasteiger partial charge in [0.1, 0.15) is 5.69 Å². The molecule has 0 unspecified atom stereocenters. The first-order valence-corrected chi connectivity index (χ1v) is 4.56. The number of nitro groups is 1. The van der Waals surface area contributed by atoms with Crippen LogP contribution >= 0.6 is 0 Å². The van der Waals surface area contributed by atoms with Crippen molar-refractivity contribution in [3.63, 3.8) is 0 Å². The van der Waals surface area contributed by atoms with Crippen molar-refractivity contribution in [2.24, 2.45) is 7.05 Å². The van der Waals surface area contributed by atoms with Gasteiger partial charge in [-0.1, -0.05) is 6.08 Å². The Morgan fingerprint density at radius 2 is 2.36 bits per heavy atom. The minimum atomic E-state index is -0.364. The normalized spacial score (nSPS) is 10.1. The highest BCUT2D eigenvalue weighted by molar-refractivity contribution is 5.27. The first-order chi connectivity index (χ1) is 6.66. The van der Waals surface area contributed by atoms with E-state index >= 15 is 0 Å². The topological polar surface area (TPSA) is 48.1 Å². The summed E-state index contributed by atoms with van der Waals surface area (Å²) in [5, 5.41) is 10.5. The van der Waals surface area contributed by atoms with Gasteiger partial charge in [0.05, 0.1) is 7.05 Å². The van der Waals surface area contributed by atoms with Crippen LogP contribution in [0.5, 0.6) is 0 Å². The van der Waals surface area contributed by atoms with Crippen LogP contribution in [0.2, 0.25) is 0 Å². The molecule has 4 heteroatoms. The quantitative estimate of drug-likeness (QED) is 0.313. The van der Waals surface area contributed by atoms with E-state index in [1.807, 2.05) is 6.08 Å². The number of hydrogen-bond acceptors (Lipinski definition) is 2. The van der Waals surface area contributed by atoms with Gasteiger partial charge in [0.2, 0.25) is 0 Å². The molecule has 1 aromatic heterocycles. The Morgan fingerprint density at radius 3 is 2.86 bits per heavy atom. The minimum absolute atomic E-state index is 0.151. The molecule has 0 spiro atoms. The average molecular weight is 194 g/mol. The Labute approximate surface area is 83.0 Å². The molecular weight excluding hydrogens is 180 g/mol. The van der Waals surface area contributed by atoms with Crippen LogP contribution in [0.4, 0.5) is 5.82 Å². The third kappa shape index (κ3) is 2.22. The van der Waals surface area contributed by atoms with Crippen LogP contribution in [0.25, 0.3) is 0 Å². The van der Waals surface area contributed by atoms with Crippen LogP contribution in [0.3, 0.4) is 0 Å². The summed E-state index contributed by atoms with van der Waals surface area (Å²) in [4.78, 5) is 10.2. The Morgan fingerprint density at radius 1 is 1.64 bits per heavy atom. The van der Waals surface area contributed by atoms with Crippen LogP contribution in [0.15, 0.2) is 24.8 Å². The fourth-order valence-corrected chi connectivity index (χ4v) is 1.40. The van der Waals surface area contributed by atoms with Crippen molar-refractivity contribution >= 4 is 5.82 Å². The second kappa shape index (κ2) is 4.60. The predicted octanol–water partition coefficient (Wildman–Crippen LogP) is 2.44. The van der Waals surface area contributed by atoms with Gasteiger partial charge in [-0.25, -0.2) is 4.57 Å². The average Bonchev–Trinajstić information content (AvgIpc) is 2.48. The van der Waals surface area contributed by atoms with Gasteiger partial charge in [-0.15, -0.1) is 6.58 Å². The lowest BCUT2D eigenvalue weighted by atomic mass is 10.2. The lowest BCUT2D eigenvalue weighted by molar-refractivity contribution is -0.391. The molecule has 76 valence electrons. The van der Waals surface area contributed by atoms with E-state index in [0.29, 0.717) is 0 Å². The standard InChI is InChI=1S/C10H14N2O2/c1-3-4-5-6-9-7-8-10(11(9)2)12(13)14/h3,7-8H,1,4-6H2,2H3. The van der Waals surface area contributed by atoms with Gasteiger partial charge in [0, 0.05) is 12.5 Å². The van der Waals surface area contributed by atoms with Crippen molar-refractivity contribution in [1.82, 2.24) is 4.57 Å². The summed E-state index contributed by atoms with van der Waals surface area (Å²) >= 11 is 0. The van der Waals surface area contributed by atoms with E-state index < -0.39 is 0 Å². The van der Waals surface area contributed by atoms with Gasteiger partial charge >= 0.3 is 5.82 Å². The molecular formula is C10H14N2O2. The van der Waals surface area contributed by atoms with Gasteiger partial charge in [-0.05, 0) is 23.8 Å². The van der Waals surface area contributed by atoms with Crippen molar-refractivity contribution < 1.29 is 4.92 Å². The molecule has 0 N–H and O–H groups in total. The molecule has 0 aliphatic rings. The zero-order valence-electron chi connectivity index (χ0n) is 8.27. The summed E-state index contributed by atoms with van der Waals surface area (Å²) in [6.07, 6.45) is 4.64. The lowest BCUT2D eigenvalue weighted by Gasteiger charge is -1.99. The van der Waals surface area contributed by atoms with Crippen molar-refractivity contribution in [2.45, 2.75) is 19.3 Å². The van der Waals surface area contributed by atoms with Gasteiger partial charge in [-0.2, -0.15) is 0 Å².